The molecule has 110 valence electrons. The molecular formula is C17H18O4. The number of carbonyl (C=O) groups is 1. The molecule has 0 N–H and O–H groups in total. The van der Waals surface area contributed by atoms with E-state index in [-0.39, 0.29) is 18.0 Å². The van der Waals surface area contributed by atoms with E-state index < -0.39 is 0 Å². The van der Waals surface area contributed by atoms with E-state index in [9.17, 15) is 9.59 Å². The fourth-order valence-corrected chi connectivity index (χ4v) is 2.96. The molecule has 4 nitrogen and oxygen atoms in total. The molecule has 21 heavy (non-hydrogen) atoms. The van der Waals surface area contributed by atoms with Gasteiger partial charge in [-0.1, -0.05) is 0 Å². The third-order valence-corrected chi connectivity index (χ3v) is 3.86. The molecule has 0 atom stereocenters. The normalized spacial score (nSPS) is 14.0. The summed E-state index contributed by atoms with van der Waals surface area (Å²) in [6.07, 6.45) is 3.69. The molecule has 1 aromatic heterocycles. The third kappa shape index (κ3) is 2.58. The zero-order valence-corrected chi connectivity index (χ0v) is 12.3. The van der Waals surface area contributed by atoms with Gasteiger partial charge in [-0.2, -0.15) is 0 Å². The van der Waals surface area contributed by atoms with Crippen molar-refractivity contribution in [2.45, 2.75) is 39.5 Å². The first kappa shape index (κ1) is 13.9. The number of fused-ring (bicyclic) bond motifs is 3. The predicted octanol–water partition coefficient (Wildman–Crippen LogP) is 2.95. The highest BCUT2D eigenvalue weighted by Gasteiger charge is 2.21. The molecule has 2 aromatic rings. The van der Waals surface area contributed by atoms with Crippen molar-refractivity contribution in [2.24, 2.45) is 0 Å². The van der Waals surface area contributed by atoms with Gasteiger partial charge < -0.3 is 9.15 Å². The second-order valence-electron chi connectivity index (χ2n) is 5.68. The summed E-state index contributed by atoms with van der Waals surface area (Å²) in [7, 11) is 0. The maximum atomic E-state index is 12.1. The lowest BCUT2D eigenvalue weighted by atomic mass is 9.90. The van der Waals surface area contributed by atoms with E-state index in [0.29, 0.717) is 11.3 Å². The molecular weight excluding hydrogens is 268 g/mol. The average molecular weight is 286 g/mol. The molecule has 1 aromatic carbocycles. The molecule has 0 fully saturated rings. The van der Waals surface area contributed by atoms with Gasteiger partial charge in [0.15, 0.2) is 5.78 Å². The van der Waals surface area contributed by atoms with Crippen molar-refractivity contribution in [3.63, 3.8) is 0 Å². The van der Waals surface area contributed by atoms with Crippen LogP contribution in [-0.4, -0.2) is 12.4 Å². The molecule has 0 saturated heterocycles. The van der Waals surface area contributed by atoms with Crippen LogP contribution in [0, 0.1) is 6.92 Å². The zero-order chi connectivity index (χ0) is 15.0. The highest BCUT2D eigenvalue weighted by Crippen LogP contribution is 2.34. The Kier molecular flexibility index (Phi) is 3.53. The van der Waals surface area contributed by atoms with Gasteiger partial charge in [-0.3, -0.25) is 4.79 Å². The standard InChI is InChI=1S/C17H18O4/c1-10-7-14(20-9-11(2)18)16-12-5-3-4-6-13(12)17(19)21-15(16)8-10/h7-8H,3-6,9H2,1-2H3. The van der Waals surface area contributed by atoms with Crippen LogP contribution in [0.15, 0.2) is 21.3 Å². The van der Waals surface area contributed by atoms with Crippen molar-refractivity contribution in [1.29, 1.82) is 0 Å². The predicted molar refractivity (Wildman–Crippen MR) is 80.0 cm³/mol. The molecule has 1 aliphatic rings. The van der Waals surface area contributed by atoms with Crippen LogP contribution in [0.1, 0.15) is 36.5 Å². The van der Waals surface area contributed by atoms with Gasteiger partial charge in [-0.05, 0) is 62.8 Å². The lowest BCUT2D eigenvalue weighted by molar-refractivity contribution is -0.118. The van der Waals surface area contributed by atoms with E-state index in [0.717, 1.165) is 47.8 Å². The number of Topliss-reactive ketones (excluding diaryl/α,β-unsaturated/α-hetero) is 1. The number of rotatable bonds is 3. The van der Waals surface area contributed by atoms with Crippen LogP contribution < -0.4 is 10.4 Å². The second kappa shape index (κ2) is 5.35. The second-order valence-corrected chi connectivity index (χ2v) is 5.68. The van der Waals surface area contributed by atoms with E-state index in [1.807, 2.05) is 19.1 Å². The summed E-state index contributed by atoms with van der Waals surface area (Å²) >= 11 is 0. The van der Waals surface area contributed by atoms with Gasteiger partial charge in [0.25, 0.3) is 0 Å². The molecule has 0 bridgehead atoms. The first-order valence-corrected chi connectivity index (χ1v) is 7.27. The van der Waals surface area contributed by atoms with Gasteiger partial charge in [-0.15, -0.1) is 0 Å². The topological polar surface area (TPSA) is 56.5 Å². The van der Waals surface area contributed by atoms with Gasteiger partial charge >= 0.3 is 5.63 Å². The van der Waals surface area contributed by atoms with Gasteiger partial charge in [0.1, 0.15) is 17.9 Å². The molecule has 0 unspecified atom stereocenters. The Labute approximate surface area is 122 Å². The fraction of sp³-hybridized carbons (Fsp3) is 0.412. The average Bonchev–Trinajstić information content (AvgIpc) is 2.44. The first-order valence-electron chi connectivity index (χ1n) is 7.27. The summed E-state index contributed by atoms with van der Waals surface area (Å²) in [5.74, 6) is 0.609. The minimum atomic E-state index is -0.236. The Balaban J connectivity index is 2.25. The number of aryl methyl sites for hydroxylation is 2. The highest BCUT2D eigenvalue weighted by atomic mass is 16.5. The van der Waals surface area contributed by atoms with Crippen LogP contribution >= 0.6 is 0 Å². The van der Waals surface area contributed by atoms with Gasteiger partial charge in [-0.25, -0.2) is 4.79 Å². The van der Waals surface area contributed by atoms with Crippen LogP contribution in [0.5, 0.6) is 5.75 Å². The Morgan fingerprint density at radius 2 is 1.95 bits per heavy atom. The summed E-state index contributed by atoms with van der Waals surface area (Å²) in [5.41, 5.74) is 3.07. The van der Waals surface area contributed by atoms with E-state index in [2.05, 4.69) is 0 Å². The van der Waals surface area contributed by atoms with Crippen molar-refractivity contribution in [1.82, 2.24) is 0 Å². The summed E-state index contributed by atoms with van der Waals surface area (Å²) in [6.45, 7) is 3.44. The van der Waals surface area contributed by atoms with Gasteiger partial charge in [0.05, 0.1) is 5.39 Å². The van der Waals surface area contributed by atoms with Crippen LogP contribution in [0.2, 0.25) is 0 Å². The minimum Gasteiger partial charge on any atom is -0.485 e. The summed E-state index contributed by atoms with van der Waals surface area (Å²) in [6, 6.07) is 3.76. The highest BCUT2D eigenvalue weighted by molar-refractivity contribution is 5.89. The lowest BCUT2D eigenvalue weighted by Crippen LogP contribution is -2.16. The molecule has 4 heteroatoms. The summed E-state index contributed by atoms with van der Waals surface area (Å²) < 4.78 is 11.1. The van der Waals surface area contributed by atoms with Crippen molar-refractivity contribution >= 4 is 16.8 Å². The monoisotopic (exact) mass is 286 g/mol. The van der Waals surface area contributed by atoms with Crippen LogP contribution in [-0.2, 0) is 17.6 Å². The summed E-state index contributed by atoms with van der Waals surface area (Å²) in [4.78, 5) is 23.3. The SMILES string of the molecule is CC(=O)COc1cc(C)cc2oc(=O)c3c(c12)CCCC3. The zero-order valence-electron chi connectivity index (χ0n) is 12.3. The largest absolute Gasteiger partial charge is 0.485 e. The van der Waals surface area contributed by atoms with E-state index in [1.165, 1.54) is 6.92 Å². The molecule has 0 saturated carbocycles. The third-order valence-electron chi connectivity index (χ3n) is 3.86. The number of carbonyl (C=O) groups excluding carboxylic acids is 1. The van der Waals surface area contributed by atoms with Crippen molar-refractivity contribution < 1.29 is 13.9 Å². The Morgan fingerprint density at radius 3 is 2.67 bits per heavy atom. The van der Waals surface area contributed by atoms with E-state index >= 15 is 0 Å². The first-order chi connectivity index (χ1) is 10.1. The molecule has 0 aliphatic heterocycles. The number of hydrogen-bond acceptors (Lipinski definition) is 4. The van der Waals surface area contributed by atoms with Crippen molar-refractivity contribution in [2.75, 3.05) is 6.61 Å². The van der Waals surface area contributed by atoms with Crippen LogP contribution in [0.25, 0.3) is 11.0 Å². The summed E-state index contributed by atoms with van der Waals surface area (Å²) in [5, 5.41) is 0.858. The number of ketones is 1. The fourth-order valence-electron chi connectivity index (χ4n) is 2.96. The molecule has 3 rings (SSSR count). The number of hydrogen-bond donors (Lipinski definition) is 0. The lowest BCUT2D eigenvalue weighted by Gasteiger charge is -2.18. The molecule has 1 heterocycles. The molecule has 0 amide bonds. The molecule has 1 aliphatic carbocycles. The van der Waals surface area contributed by atoms with Crippen LogP contribution in [0.4, 0.5) is 0 Å². The number of benzene rings is 1. The number of ether oxygens (including phenoxy) is 1. The Hall–Kier alpha value is -2.10. The van der Waals surface area contributed by atoms with Crippen molar-refractivity contribution in [3.8, 4) is 5.75 Å². The van der Waals surface area contributed by atoms with Gasteiger partial charge in [0.2, 0.25) is 0 Å². The van der Waals surface area contributed by atoms with Gasteiger partial charge in [0, 0.05) is 5.56 Å². The van der Waals surface area contributed by atoms with E-state index in [4.69, 9.17) is 9.15 Å². The minimum absolute atomic E-state index is 0.0316. The Bertz CT molecular complexity index is 770. The smallest absolute Gasteiger partial charge is 0.339 e. The maximum Gasteiger partial charge on any atom is 0.339 e. The molecule has 0 spiro atoms. The maximum absolute atomic E-state index is 12.1. The van der Waals surface area contributed by atoms with Crippen LogP contribution in [0.3, 0.4) is 0 Å². The molecule has 0 radical (unpaired) electrons. The van der Waals surface area contributed by atoms with E-state index in [1.54, 1.807) is 0 Å². The quantitative estimate of drug-likeness (QED) is 0.814. The van der Waals surface area contributed by atoms with Crippen molar-refractivity contribution in [3.05, 3.63) is 39.2 Å². The Morgan fingerprint density at radius 1 is 1.24 bits per heavy atom.